The third-order valence-corrected chi connectivity index (χ3v) is 14.5. The maximum atomic E-state index is 6.43. The molecular formula is C31H42ClN2O3PS2. The lowest BCUT2D eigenvalue weighted by Gasteiger charge is -2.39. The molecule has 0 amide bonds. The van der Waals surface area contributed by atoms with E-state index in [4.69, 9.17) is 37.2 Å². The zero-order valence-electron chi connectivity index (χ0n) is 23.7. The maximum Gasteiger partial charge on any atom is 0.248 e. The highest BCUT2D eigenvalue weighted by Crippen LogP contribution is 2.74. The molecule has 1 aliphatic carbocycles. The summed E-state index contributed by atoms with van der Waals surface area (Å²) < 4.78 is 18.5. The Bertz CT molecular complexity index is 1180. The predicted octanol–water partition coefficient (Wildman–Crippen LogP) is 7.57. The summed E-state index contributed by atoms with van der Waals surface area (Å²) in [4.78, 5) is 5.06. The molecule has 0 bridgehead atoms. The average Bonchev–Trinajstić information content (AvgIpc) is 3.22. The van der Waals surface area contributed by atoms with Crippen LogP contribution in [0.15, 0.2) is 66.7 Å². The molecule has 3 fully saturated rings. The predicted molar refractivity (Wildman–Crippen MR) is 172 cm³/mol. The van der Waals surface area contributed by atoms with Crippen molar-refractivity contribution < 1.29 is 13.8 Å². The molecule has 2 saturated heterocycles. The zero-order valence-corrected chi connectivity index (χ0v) is 27.0. The molecule has 3 aliphatic rings. The molecule has 9 heteroatoms. The molecule has 1 saturated carbocycles. The van der Waals surface area contributed by atoms with Crippen molar-refractivity contribution in [2.24, 2.45) is 5.92 Å². The van der Waals surface area contributed by atoms with Gasteiger partial charge in [-0.2, -0.15) is 0 Å². The number of rotatable bonds is 11. The van der Waals surface area contributed by atoms with Crippen LogP contribution in [0.25, 0.3) is 0 Å². The van der Waals surface area contributed by atoms with Gasteiger partial charge in [-0.1, -0.05) is 77.6 Å². The van der Waals surface area contributed by atoms with Crippen molar-refractivity contribution in [3.8, 4) is 0 Å². The molecule has 5 atom stereocenters. The van der Waals surface area contributed by atoms with E-state index in [1.54, 1.807) is 11.4 Å². The van der Waals surface area contributed by atoms with Crippen molar-refractivity contribution in [1.29, 1.82) is 0 Å². The summed E-state index contributed by atoms with van der Waals surface area (Å²) in [6.07, 6.45) is 3.25. The number of halogens is 1. The molecule has 2 unspecified atom stereocenters. The SMILES string of the molecule is C=C(C)[C@H]1CC[C@@]2(C)OP(=S)(OCCOCCN3CCN(C(c4ccccc4)c4ccc(Cl)cc4)CC3)S[C@@H]2C1. The summed E-state index contributed by atoms with van der Waals surface area (Å²) in [5.41, 5.74) is 1.38. The Morgan fingerprint density at radius 2 is 1.80 bits per heavy atom. The van der Waals surface area contributed by atoms with Crippen molar-refractivity contribution in [2.45, 2.75) is 50.0 Å². The van der Waals surface area contributed by atoms with Crippen LogP contribution >= 0.6 is 28.7 Å². The second-order valence-corrected chi connectivity index (χ2v) is 18.2. The second-order valence-electron chi connectivity index (χ2n) is 11.5. The number of hydrogen-bond acceptors (Lipinski definition) is 7. The zero-order chi connectivity index (χ0) is 28.2. The minimum absolute atomic E-state index is 0.164. The van der Waals surface area contributed by atoms with Crippen LogP contribution in [-0.4, -0.2) is 73.2 Å². The van der Waals surface area contributed by atoms with Crippen LogP contribution in [-0.2, 0) is 25.6 Å². The van der Waals surface area contributed by atoms with Gasteiger partial charge in [0, 0.05) is 43.0 Å². The summed E-state index contributed by atoms with van der Waals surface area (Å²) in [5.74, 6) is 0.572. The van der Waals surface area contributed by atoms with E-state index in [1.807, 2.05) is 12.1 Å². The van der Waals surface area contributed by atoms with Gasteiger partial charge in [-0.3, -0.25) is 9.80 Å². The fourth-order valence-corrected chi connectivity index (χ4v) is 13.1. The van der Waals surface area contributed by atoms with Crippen molar-refractivity contribution in [2.75, 3.05) is 52.5 Å². The number of piperazine rings is 1. The number of benzene rings is 2. The lowest BCUT2D eigenvalue weighted by atomic mass is 9.77. The lowest BCUT2D eigenvalue weighted by molar-refractivity contribution is 0.0391. The first kappa shape index (κ1) is 30.7. The van der Waals surface area contributed by atoms with Crippen LogP contribution in [0.1, 0.15) is 50.3 Å². The monoisotopic (exact) mass is 620 g/mol. The lowest BCUT2D eigenvalue weighted by Crippen LogP contribution is -2.48. The highest BCUT2D eigenvalue weighted by atomic mass is 35.5. The van der Waals surface area contributed by atoms with Crippen molar-refractivity contribution in [3.63, 3.8) is 0 Å². The molecule has 2 aromatic carbocycles. The number of ether oxygens (including phenoxy) is 1. The van der Waals surface area contributed by atoms with E-state index in [9.17, 15) is 0 Å². The van der Waals surface area contributed by atoms with Crippen molar-refractivity contribution in [1.82, 2.24) is 9.80 Å². The molecule has 5 nitrogen and oxygen atoms in total. The average molecular weight is 621 g/mol. The summed E-state index contributed by atoms with van der Waals surface area (Å²) in [5, 5.41) is 1.17. The van der Waals surface area contributed by atoms with E-state index in [1.165, 1.54) is 16.7 Å². The molecule has 0 spiro atoms. The summed E-state index contributed by atoms with van der Waals surface area (Å²) in [6.45, 7) is 15.2. The van der Waals surface area contributed by atoms with Gasteiger partial charge in [-0.25, -0.2) is 0 Å². The van der Waals surface area contributed by atoms with E-state index in [0.29, 0.717) is 31.0 Å². The van der Waals surface area contributed by atoms with E-state index >= 15 is 0 Å². The third kappa shape index (κ3) is 7.61. The maximum absolute atomic E-state index is 6.43. The molecule has 0 radical (unpaired) electrons. The van der Waals surface area contributed by atoms with Crippen LogP contribution < -0.4 is 0 Å². The van der Waals surface area contributed by atoms with Gasteiger partial charge in [0.2, 0.25) is 5.69 Å². The molecule has 2 aliphatic heterocycles. The smallest absolute Gasteiger partial charge is 0.248 e. The van der Waals surface area contributed by atoms with E-state index in [-0.39, 0.29) is 11.6 Å². The van der Waals surface area contributed by atoms with Crippen LogP contribution in [0.5, 0.6) is 0 Å². The Kier molecular flexibility index (Phi) is 10.5. The van der Waals surface area contributed by atoms with Crippen molar-refractivity contribution in [3.05, 3.63) is 82.9 Å². The van der Waals surface area contributed by atoms with Gasteiger partial charge >= 0.3 is 0 Å². The molecular weight excluding hydrogens is 579 g/mol. The number of nitrogens with zero attached hydrogens (tertiary/aromatic N) is 2. The van der Waals surface area contributed by atoms with Crippen LogP contribution in [0.4, 0.5) is 0 Å². The van der Waals surface area contributed by atoms with Crippen molar-refractivity contribution >= 4 is 40.5 Å². The van der Waals surface area contributed by atoms with Gasteiger partial charge in [0.05, 0.1) is 31.5 Å². The van der Waals surface area contributed by atoms with Gasteiger partial charge in [0.25, 0.3) is 0 Å². The first-order chi connectivity index (χ1) is 19.2. The molecule has 218 valence electrons. The normalized spacial score (nSPS) is 30.2. The largest absolute Gasteiger partial charge is 0.378 e. The number of hydrogen-bond donors (Lipinski definition) is 0. The van der Waals surface area contributed by atoms with Crippen LogP contribution in [0, 0.1) is 5.92 Å². The van der Waals surface area contributed by atoms with Gasteiger partial charge in [-0.05, 0) is 74.1 Å². The Labute approximate surface area is 254 Å². The molecule has 5 rings (SSSR count). The fourth-order valence-electron chi connectivity index (χ4n) is 6.09. The van der Waals surface area contributed by atoms with E-state index in [0.717, 1.165) is 57.0 Å². The first-order valence-electron chi connectivity index (χ1n) is 14.4. The quantitative estimate of drug-likeness (QED) is 0.146. The fraction of sp³-hybridized carbons (Fsp3) is 0.548. The minimum Gasteiger partial charge on any atom is -0.378 e. The molecule has 2 heterocycles. The third-order valence-electron chi connectivity index (χ3n) is 8.54. The molecule has 0 N–H and O–H groups in total. The Hall–Kier alpha value is -0.730. The highest BCUT2D eigenvalue weighted by molar-refractivity contribution is 8.68. The minimum atomic E-state index is -2.33. The van der Waals surface area contributed by atoms with Gasteiger partial charge in [0.1, 0.15) is 0 Å². The van der Waals surface area contributed by atoms with Crippen LogP contribution in [0.3, 0.4) is 0 Å². The number of allylic oxidation sites excluding steroid dienone is 1. The molecule has 40 heavy (non-hydrogen) atoms. The molecule has 0 aromatic heterocycles. The van der Waals surface area contributed by atoms with Gasteiger partial charge < -0.3 is 13.8 Å². The Morgan fingerprint density at radius 3 is 2.50 bits per heavy atom. The number of fused-ring (bicyclic) bond motifs is 1. The van der Waals surface area contributed by atoms with Gasteiger partial charge in [0.15, 0.2) is 0 Å². The highest BCUT2D eigenvalue weighted by Gasteiger charge is 2.53. The Balaban J connectivity index is 1.03. The van der Waals surface area contributed by atoms with E-state index < -0.39 is 5.69 Å². The Morgan fingerprint density at radius 1 is 1.10 bits per heavy atom. The summed E-state index contributed by atoms with van der Waals surface area (Å²) in [6, 6.07) is 19.3. The topological polar surface area (TPSA) is 34.2 Å². The van der Waals surface area contributed by atoms with Crippen LogP contribution in [0.2, 0.25) is 5.02 Å². The second kappa shape index (κ2) is 13.7. The van der Waals surface area contributed by atoms with E-state index in [2.05, 4.69) is 72.7 Å². The summed E-state index contributed by atoms with van der Waals surface area (Å²) >= 11 is 13.8. The first-order valence-corrected chi connectivity index (χ1v) is 18.9. The standard InChI is InChI=1S/C31H42ClN2O3PS2/c1-24(2)27-13-14-31(3)29(23-27)40-38(39,37-31)36-22-21-35-20-19-33-15-17-34(18-16-33)30(25-7-5-4-6-8-25)26-9-11-28(32)12-10-26/h4-12,27,29-30H,1,13-23H2,2-3H3/t27-,29+,30?,31+,38?/m0/s1. The summed E-state index contributed by atoms with van der Waals surface area (Å²) in [7, 11) is 0. The molecule has 2 aromatic rings. The van der Waals surface area contributed by atoms with Gasteiger partial charge in [-0.15, -0.1) is 0 Å².